The molecular formula is C15H17FN2O2S. The molecule has 6 heteroatoms. The van der Waals surface area contributed by atoms with E-state index in [1.54, 1.807) is 31.2 Å². The van der Waals surface area contributed by atoms with Gasteiger partial charge in [-0.2, -0.15) is 0 Å². The Bertz CT molecular complexity index is 728. The predicted octanol–water partition coefficient (Wildman–Crippen LogP) is 2.53. The standard InChI is InChI=1S/C15H17FN2O2S/c1-11-2-7-14(16)8-15(11)18-21(19,20)10-13-5-3-12(9-17)4-6-13/h2-8,18H,9-10,17H2,1H3. The van der Waals surface area contributed by atoms with Crippen LogP contribution in [0.25, 0.3) is 0 Å². The second-order valence-electron chi connectivity index (χ2n) is 4.84. The number of sulfonamides is 1. The molecule has 0 aliphatic rings. The van der Waals surface area contributed by atoms with Crippen LogP contribution in [0.5, 0.6) is 0 Å². The number of halogens is 1. The number of aryl methyl sites for hydroxylation is 1. The van der Waals surface area contributed by atoms with Gasteiger partial charge in [0, 0.05) is 6.54 Å². The van der Waals surface area contributed by atoms with Gasteiger partial charge in [0.25, 0.3) is 0 Å². The Morgan fingerprint density at radius 2 is 1.71 bits per heavy atom. The summed E-state index contributed by atoms with van der Waals surface area (Å²) in [5.74, 6) is -0.654. The van der Waals surface area contributed by atoms with Crippen molar-refractivity contribution >= 4 is 15.7 Å². The number of hydrogen-bond donors (Lipinski definition) is 2. The van der Waals surface area contributed by atoms with Crippen LogP contribution < -0.4 is 10.5 Å². The zero-order valence-corrected chi connectivity index (χ0v) is 12.5. The molecule has 0 heterocycles. The lowest BCUT2D eigenvalue weighted by Gasteiger charge is -2.11. The van der Waals surface area contributed by atoms with Crippen LogP contribution in [0.4, 0.5) is 10.1 Å². The quantitative estimate of drug-likeness (QED) is 0.891. The van der Waals surface area contributed by atoms with E-state index in [-0.39, 0.29) is 11.4 Å². The lowest BCUT2D eigenvalue weighted by atomic mass is 10.1. The fourth-order valence-electron chi connectivity index (χ4n) is 1.90. The van der Waals surface area contributed by atoms with Gasteiger partial charge in [0.15, 0.2) is 0 Å². The molecule has 3 N–H and O–H groups in total. The van der Waals surface area contributed by atoms with Gasteiger partial charge in [0.2, 0.25) is 10.0 Å². The van der Waals surface area contributed by atoms with E-state index in [0.29, 0.717) is 17.7 Å². The van der Waals surface area contributed by atoms with Gasteiger partial charge in [-0.3, -0.25) is 4.72 Å². The average molecular weight is 308 g/mol. The molecule has 0 atom stereocenters. The largest absolute Gasteiger partial charge is 0.326 e. The average Bonchev–Trinajstić information content (AvgIpc) is 2.43. The Morgan fingerprint density at radius 3 is 2.33 bits per heavy atom. The summed E-state index contributed by atoms with van der Waals surface area (Å²) in [6, 6.07) is 11.0. The van der Waals surface area contributed by atoms with Crippen LogP contribution in [0.3, 0.4) is 0 Å². The second kappa shape index (κ2) is 6.24. The molecule has 0 radical (unpaired) electrons. The first-order chi connectivity index (χ1) is 9.89. The predicted molar refractivity (Wildman–Crippen MR) is 81.7 cm³/mol. The van der Waals surface area contributed by atoms with Gasteiger partial charge in [-0.15, -0.1) is 0 Å². The Kier molecular flexibility index (Phi) is 4.59. The molecular weight excluding hydrogens is 291 g/mol. The zero-order valence-electron chi connectivity index (χ0n) is 11.6. The third-order valence-electron chi connectivity index (χ3n) is 3.08. The van der Waals surface area contributed by atoms with Gasteiger partial charge in [0.05, 0.1) is 11.4 Å². The van der Waals surface area contributed by atoms with Gasteiger partial charge in [0.1, 0.15) is 5.82 Å². The minimum atomic E-state index is -3.59. The van der Waals surface area contributed by atoms with E-state index >= 15 is 0 Å². The van der Waals surface area contributed by atoms with E-state index in [1.165, 1.54) is 18.2 Å². The van der Waals surface area contributed by atoms with Crippen LogP contribution in [0.2, 0.25) is 0 Å². The Morgan fingerprint density at radius 1 is 1.10 bits per heavy atom. The summed E-state index contributed by atoms with van der Waals surface area (Å²) in [6.07, 6.45) is 0. The van der Waals surface area contributed by atoms with Crippen molar-refractivity contribution in [1.82, 2.24) is 0 Å². The highest BCUT2D eigenvalue weighted by atomic mass is 32.2. The summed E-state index contributed by atoms with van der Waals surface area (Å²) >= 11 is 0. The van der Waals surface area contributed by atoms with Crippen LogP contribution >= 0.6 is 0 Å². The van der Waals surface area contributed by atoms with Gasteiger partial charge < -0.3 is 5.73 Å². The molecule has 2 aromatic rings. The van der Waals surface area contributed by atoms with Gasteiger partial charge in [-0.25, -0.2) is 12.8 Å². The Balaban J connectivity index is 2.16. The molecule has 2 rings (SSSR count). The van der Waals surface area contributed by atoms with Crippen molar-refractivity contribution in [3.05, 3.63) is 65.0 Å². The minimum absolute atomic E-state index is 0.173. The lowest BCUT2D eigenvalue weighted by molar-refractivity contribution is 0.600. The summed E-state index contributed by atoms with van der Waals surface area (Å²) in [6.45, 7) is 2.13. The summed E-state index contributed by atoms with van der Waals surface area (Å²) in [5.41, 5.74) is 8.00. The van der Waals surface area contributed by atoms with Gasteiger partial charge in [-0.05, 0) is 35.7 Å². The molecule has 0 spiro atoms. The van der Waals surface area contributed by atoms with Crippen LogP contribution in [0.15, 0.2) is 42.5 Å². The van der Waals surface area contributed by atoms with Gasteiger partial charge >= 0.3 is 0 Å². The van der Waals surface area contributed by atoms with Crippen molar-refractivity contribution in [2.24, 2.45) is 5.73 Å². The number of anilines is 1. The number of nitrogens with two attached hydrogens (primary N) is 1. The highest BCUT2D eigenvalue weighted by Gasteiger charge is 2.13. The van der Waals surface area contributed by atoms with Crippen molar-refractivity contribution in [3.8, 4) is 0 Å². The molecule has 0 amide bonds. The van der Waals surface area contributed by atoms with E-state index in [0.717, 1.165) is 5.56 Å². The summed E-state index contributed by atoms with van der Waals surface area (Å²) in [5, 5.41) is 0. The molecule has 4 nitrogen and oxygen atoms in total. The van der Waals surface area contributed by atoms with E-state index in [9.17, 15) is 12.8 Å². The molecule has 0 unspecified atom stereocenters. The molecule has 0 bridgehead atoms. The van der Waals surface area contributed by atoms with Crippen molar-refractivity contribution in [3.63, 3.8) is 0 Å². The lowest BCUT2D eigenvalue weighted by Crippen LogP contribution is -2.16. The zero-order chi connectivity index (χ0) is 15.5. The Labute approximate surface area is 123 Å². The fourth-order valence-corrected chi connectivity index (χ4v) is 3.16. The Hall–Kier alpha value is -1.92. The molecule has 0 saturated carbocycles. The molecule has 0 fully saturated rings. The van der Waals surface area contributed by atoms with E-state index in [4.69, 9.17) is 5.73 Å². The maximum absolute atomic E-state index is 13.2. The molecule has 0 aliphatic heterocycles. The first-order valence-electron chi connectivity index (χ1n) is 6.44. The number of rotatable bonds is 5. The molecule has 0 saturated heterocycles. The van der Waals surface area contributed by atoms with Crippen molar-refractivity contribution in [1.29, 1.82) is 0 Å². The molecule has 112 valence electrons. The van der Waals surface area contributed by atoms with Crippen molar-refractivity contribution in [2.75, 3.05) is 4.72 Å². The maximum Gasteiger partial charge on any atom is 0.236 e. The third kappa shape index (κ3) is 4.27. The van der Waals surface area contributed by atoms with Crippen LogP contribution in [0.1, 0.15) is 16.7 Å². The summed E-state index contributed by atoms with van der Waals surface area (Å²) < 4.78 is 39.9. The molecule has 0 aliphatic carbocycles. The highest BCUT2D eigenvalue weighted by molar-refractivity contribution is 7.91. The van der Waals surface area contributed by atoms with E-state index in [1.807, 2.05) is 0 Å². The second-order valence-corrected chi connectivity index (χ2v) is 6.56. The SMILES string of the molecule is Cc1ccc(F)cc1NS(=O)(=O)Cc1ccc(CN)cc1. The van der Waals surface area contributed by atoms with Crippen molar-refractivity contribution < 1.29 is 12.8 Å². The summed E-state index contributed by atoms with van der Waals surface area (Å²) in [4.78, 5) is 0. The maximum atomic E-state index is 13.2. The number of nitrogens with one attached hydrogen (secondary N) is 1. The minimum Gasteiger partial charge on any atom is -0.326 e. The summed E-state index contributed by atoms with van der Waals surface area (Å²) in [7, 11) is -3.59. The van der Waals surface area contributed by atoms with E-state index < -0.39 is 15.8 Å². The highest BCUT2D eigenvalue weighted by Crippen LogP contribution is 2.19. The smallest absolute Gasteiger partial charge is 0.236 e. The molecule has 2 aromatic carbocycles. The normalized spacial score (nSPS) is 11.4. The van der Waals surface area contributed by atoms with Crippen molar-refractivity contribution in [2.45, 2.75) is 19.2 Å². The van der Waals surface area contributed by atoms with Crippen LogP contribution in [-0.2, 0) is 22.3 Å². The first kappa shape index (κ1) is 15.5. The van der Waals surface area contributed by atoms with Crippen LogP contribution in [-0.4, -0.2) is 8.42 Å². The monoisotopic (exact) mass is 308 g/mol. The third-order valence-corrected chi connectivity index (χ3v) is 4.32. The van der Waals surface area contributed by atoms with Crippen LogP contribution in [0, 0.1) is 12.7 Å². The van der Waals surface area contributed by atoms with E-state index in [2.05, 4.69) is 4.72 Å². The molecule has 0 aromatic heterocycles. The fraction of sp³-hybridized carbons (Fsp3) is 0.200. The number of hydrogen-bond acceptors (Lipinski definition) is 3. The first-order valence-corrected chi connectivity index (χ1v) is 8.09. The van der Waals surface area contributed by atoms with Gasteiger partial charge in [-0.1, -0.05) is 30.3 Å². The topological polar surface area (TPSA) is 72.2 Å². The number of benzene rings is 2. The molecule has 21 heavy (non-hydrogen) atoms.